The maximum atomic E-state index is 13.5. The van der Waals surface area contributed by atoms with E-state index in [2.05, 4.69) is 31.6 Å². The molecule has 0 spiro atoms. The number of ether oxygens (including phenoxy) is 1. The monoisotopic (exact) mass is 653 g/mol. The highest BCUT2D eigenvalue weighted by molar-refractivity contribution is 5.96. The molecular formula is C31H36FN7O8. The zero-order valence-electron chi connectivity index (χ0n) is 26.0. The second-order valence-corrected chi connectivity index (χ2v) is 11.2. The van der Waals surface area contributed by atoms with Gasteiger partial charge in [0.1, 0.15) is 18.2 Å². The van der Waals surface area contributed by atoms with E-state index in [1.165, 1.54) is 24.3 Å². The topological polar surface area (TPSA) is 210 Å². The third-order valence-electron chi connectivity index (χ3n) is 6.19. The number of carbonyl (C=O) groups excluding carboxylic acids is 5. The van der Waals surface area contributed by atoms with Crippen molar-refractivity contribution >= 4 is 35.4 Å². The Kier molecular flexibility index (Phi) is 12.5. The van der Waals surface area contributed by atoms with Crippen LogP contribution in [0.3, 0.4) is 0 Å². The summed E-state index contributed by atoms with van der Waals surface area (Å²) >= 11 is 0. The van der Waals surface area contributed by atoms with Crippen LogP contribution in [0.4, 0.5) is 14.9 Å². The number of amides is 5. The third-order valence-corrected chi connectivity index (χ3v) is 6.19. The third kappa shape index (κ3) is 12.3. The minimum absolute atomic E-state index is 0.0902. The second kappa shape index (κ2) is 16.5. The average molecular weight is 654 g/mol. The van der Waals surface area contributed by atoms with E-state index in [4.69, 9.17) is 4.74 Å². The van der Waals surface area contributed by atoms with Crippen LogP contribution in [0.2, 0.25) is 0 Å². The molecule has 0 unspecified atom stereocenters. The summed E-state index contributed by atoms with van der Waals surface area (Å²) in [6.07, 6.45) is -0.0194. The molecule has 1 heterocycles. The van der Waals surface area contributed by atoms with E-state index in [1.54, 1.807) is 51.1 Å². The summed E-state index contributed by atoms with van der Waals surface area (Å²) in [7, 11) is 0. The van der Waals surface area contributed by atoms with Gasteiger partial charge < -0.3 is 36.3 Å². The molecule has 6 N–H and O–H groups in total. The average Bonchev–Trinajstić information content (AvgIpc) is 3.02. The van der Waals surface area contributed by atoms with Crippen molar-refractivity contribution in [1.29, 1.82) is 0 Å². The van der Waals surface area contributed by atoms with Gasteiger partial charge in [0.15, 0.2) is 0 Å². The van der Waals surface area contributed by atoms with Crippen LogP contribution < -0.4 is 37.8 Å². The zero-order valence-corrected chi connectivity index (χ0v) is 26.0. The normalized spacial score (nSPS) is 11.5. The highest BCUT2D eigenvalue weighted by atomic mass is 19.1. The lowest BCUT2D eigenvalue weighted by atomic mass is 10.1. The van der Waals surface area contributed by atoms with Crippen molar-refractivity contribution in [2.24, 2.45) is 0 Å². The van der Waals surface area contributed by atoms with Crippen molar-refractivity contribution < 1.29 is 33.1 Å². The maximum Gasteiger partial charge on any atom is 0.408 e. The predicted molar refractivity (Wildman–Crippen MR) is 168 cm³/mol. The number of rotatable bonds is 13. The first kappa shape index (κ1) is 35.7. The van der Waals surface area contributed by atoms with Crippen LogP contribution in [0.5, 0.6) is 0 Å². The summed E-state index contributed by atoms with van der Waals surface area (Å²) in [5, 5.41) is 12.2. The molecule has 47 heavy (non-hydrogen) atoms. The fourth-order valence-corrected chi connectivity index (χ4v) is 4.01. The van der Waals surface area contributed by atoms with Gasteiger partial charge in [-0.1, -0.05) is 42.5 Å². The van der Waals surface area contributed by atoms with Crippen molar-refractivity contribution in [3.8, 4) is 0 Å². The van der Waals surface area contributed by atoms with E-state index in [1.807, 2.05) is 0 Å². The summed E-state index contributed by atoms with van der Waals surface area (Å²) in [4.78, 5) is 87.9. The number of nitrogens with one attached hydrogen (secondary N) is 6. The van der Waals surface area contributed by atoms with Gasteiger partial charge in [-0.25, -0.2) is 9.59 Å². The SMILES string of the molecule is CC(C)(C)OC(=O)NCC(=O)NCC(=O)N[C@@H](Cc1ccccc1)C(=O)NCC(=O)Nc1ccc(Cn2c(=O)[nH]cc(F)c2=O)cc1. The van der Waals surface area contributed by atoms with Crippen LogP contribution in [0.25, 0.3) is 0 Å². The summed E-state index contributed by atoms with van der Waals surface area (Å²) in [6, 6.07) is 13.8. The largest absolute Gasteiger partial charge is 0.444 e. The highest BCUT2D eigenvalue weighted by Gasteiger charge is 2.23. The van der Waals surface area contributed by atoms with Crippen molar-refractivity contribution in [2.45, 2.75) is 45.4 Å². The second-order valence-electron chi connectivity index (χ2n) is 11.2. The van der Waals surface area contributed by atoms with E-state index in [0.717, 1.165) is 5.56 Å². The smallest absolute Gasteiger partial charge is 0.408 e. The molecule has 1 atom stereocenters. The van der Waals surface area contributed by atoms with Crippen LogP contribution in [-0.4, -0.2) is 70.6 Å². The number of alkyl carbamates (subject to hydrolysis) is 1. The predicted octanol–water partition coefficient (Wildman–Crippen LogP) is 0.147. The van der Waals surface area contributed by atoms with E-state index in [-0.39, 0.29) is 13.0 Å². The molecule has 0 radical (unpaired) electrons. The first-order chi connectivity index (χ1) is 22.2. The summed E-state index contributed by atoms with van der Waals surface area (Å²) in [5.41, 5.74) is -1.03. The number of carbonyl (C=O) groups is 5. The van der Waals surface area contributed by atoms with E-state index in [9.17, 15) is 38.0 Å². The molecule has 15 nitrogen and oxygen atoms in total. The number of aromatic amines is 1. The fourth-order valence-electron chi connectivity index (χ4n) is 4.01. The number of halogens is 1. The fraction of sp³-hybridized carbons (Fsp3) is 0.323. The molecule has 3 aromatic rings. The number of anilines is 1. The number of benzene rings is 2. The van der Waals surface area contributed by atoms with Gasteiger partial charge in [-0.2, -0.15) is 4.39 Å². The van der Waals surface area contributed by atoms with Gasteiger partial charge in [0.25, 0.3) is 5.56 Å². The van der Waals surface area contributed by atoms with Crippen molar-refractivity contribution in [1.82, 2.24) is 30.8 Å². The van der Waals surface area contributed by atoms with Gasteiger partial charge in [-0.3, -0.25) is 28.5 Å². The number of hydrogen-bond donors (Lipinski definition) is 6. The standard InChI is InChI=1S/C31H36FN7O8/c1-31(2,3)47-30(46)36-15-24(40)33-16-26(42)38-23(13-19-7-5-4-6-8-19)27(43)34-17-25(41)37-21-11-9-20(10-12-21)18-39-28(44)22(32)14-35-29(39)45/h4-12,14,23H,13,15-18H2,1-3H3,(H,33,40)(H,34,43)(H,35,45)(H,36,46)(H,37,41)(H,38,42)/t23-/m0/s1. The molecule has 0 saturated carbocycles. The Balaban J connectivity index is 1.52. The lowest BCUT2D eigenvalue weighted by molar-refractivity contribution is -0.130. The Labute approximate surface area is 268 Å². The summed E-state index contributed by atoms with van der Waals surface area (Å²) in [6.45, 7) is 3.45. The van der Waals surface area contributed by atoms with E-state index < -0.39 is 78.1 Å². The Morgan fingerprint density at radius 1 is 0.830 bits per heavy atom. The Morgan fingerprint density at radius 2 is 1.47 bits per heavy atom. The molecule has 2 aromatic carbocycles. The minimum atomic E-state index is -1.10. The van der Waals surface area contributed by atoms with Crippen LogP contribution in [-0.2, 0) is 36.9 Å². The molecule has 250 valence electrons. The molecule has 16 heteroatoms. The van der Waals surface area contributed by atoms with Crippen molar-refractivity contribution in [3.63, 3.8) is 0 Å². The highest BCUT2D eigenvalue weighted by Crippen LogP contribution is 2.10. The molecule has 5 amide bonds. The van der Waals surface area contributed by atoms with E-state index >= 15 is 0 Å². The zero-order chi connectivity index (χ0) is 34.6. The van der Waals surface area contributed by atoms with Gasteiger partial charge in [-0.05, 0) is 44.0 Å². The molecule has 0 bridgehead atoms. The first-order valence-electron chi connectivity index (χ1n) is 14.4. The van der Waals surface area contributed by atoms with Gasteiger partial charge in [0.05, 0.1) is 19.6 Å². The number of nitrogens with zero attached hydrogens (tertiary/aromatic N) is 1. The molecule has 0 saturated heterocycles. The molecule has 0 aliphatic rings. The molecule has 0 aliphatic carbocycles. The summed E-state index contributed by atoms with van der Waals surface area (Å²) in [5.74, 6) is -3.68. The lowest BCUT2D eigenvalue weighted by Gasteiger charge is -2.20. The van der Waals surface area contributed by atoms with Crippen LogP contribution in [0.1, 0.15) is 31.9 Å². The summed E-state index contributed by atoms with van der Waals surface area (Å²) < 4.78 is 19.3. The Morgan fingerprint density at radius 3 is 2.13 bits per heavy atom. The molecule has 3 rings (SSSR count). The van der Waals surface area contributed by atoms with Gasteiger partial charge in [-0.15, -0.1) is 0 Å². The van der Waals surface area contributed by atoms with Crippen molar-refractivity contribution in [2.75, 3.05) is 25.0 Å². The molecule has 0 aliphatic heterocycles. The lowest BCUT2D eigenvalue weighted by Crippen LogP contribution is -2.52. The van der Waals surface area contributed by atoms with Crippen LogP contribution in [0.15, 0.2) is 70.4 Å². The first-order valence-corrected chi connectivity index (χ1v) is 14.4. The van der Waals surface area contributed by atoms with Crippen LogP contribution >= 0.6 is 0 Å². The van der Waals surface area contributed by atoms with Gasteiger partial charge in [0, 0.05) is 18.3 Å². The Bertz CT molecular complexity index is 1700. The Hall–Kier alpha value is -5.80. The quantitative estimate of drug-likeness (QED) is 0.149. The number of aromatic nitrogens is 2. The molecule has 1 aromatic heterocycles. The minimum Gasteiger partial charge on any atom is -0.444 e. The van der Waals surface area contributed by atoms with Crippen LogP contribution in [0, 0.1) is 5.82 Å². The number of hydrogen-bond acceptors (Lipinski definition) is 8. The molecular weight excluding hydrogens is 617 g/mol. The van der Waals surface area contributed by atoms with Gasteiger partial charge in [0.2, 0.25) is 29.4 Å². The van der Waals surface area contributed by atoms with Crippen molar-refractivity contribution in [3.05, 3.63) is 98.6 Å². The van der Waals surface area contributed by atoms with Gasteiger partial charge >= 0.3 is 11.8 Å². The number of H-pyrrole nitrogens is 1. The van der Waals surface area contributed by atoms with E-state index in [0.29, 0.717) is 22.0 Å². The maximum absolute atomic E-state index is 13.5. The molecule has 0 fully saturated rings.